The van der Waals surface area contributed by atoms with E-state index in [9.17, 15) is 4.79 Å². The summed E-state index contributed by atoms with van der Waals surface area (Å²) in [6.45, 7) is 4.92. The Morgan fingerprint density at radius 3 is 2.50 bits per heavy atom. The van der Waals surface area contributed by atoms with Gasteiger partial charge in [0.15, 0.2) is 0 Å². The normalized spacial score (nSPS) is 11.3. The first-order chi connectivity index (χ1) is 16.4. The Balaban J connectivity index is 1.70. The van der Waals surface area contributed by atoms with Gasteiger partial charge in [-0.1, -0.05) is 30.3 Å². The number of rotatable bonds is 6. The molecule has 5 rings (SSSR count). The third-order valence-corrected chi connectivity index (χ3v) is 5.82. The molecule has 4 heterocycles. The molecule has 5 aromatic rings. The highest BCUT2D eigenvalue weighted by Crippen LogP contribution is 2.33. The van der Waals surface area contributed by atoms with Crippen molar-refractivity contribution in [1.29, 1.82) is 0 Å². The monoisotopic (exact) mass is 456 g/mol. The highest BCUT2D eigenvalue weighted by atomic mass is 16.2. The van der Waals surface area contributed by atoms with Crippen molar-refractivity contribution in [3.05, 3.63) is 76.7 Å². The molecule has 0 radical (unpaired) electrons. The summed E-state index contributed by atoms with van der Waals surface area (Å²) in [6.07, 6.45) is 3.55. The fraction of sp³-hybridized carbons (Fsp3) is 0.208. The number of aryl methyl sites for hydroxylation is 2. The minimum absolute atomic E-state index is 0.128. The molecule has 0 saturated carbocycles. The largest absolute Gasteiger partial charge is 0.428 e. The van der Waals surface area contributed by atoms with Crippen LogP contribution < -0.4 is 20.7 Å². The van der Waals surface area contributed by atoms with Crippen molar-refractivity contribution in [2.24, 2.45) is 0 Å². The van der Waals surface area contributed by atoms with Crippen molar-refractivity contribution in [2.45, 2.75) is 20.4 Å². The third-order valence-electron chi connectivity index (χ3n) is 5.82. The topological polar surface area (TPSA) is 126 Å². The smallest absolute Gasteiger partial charge is 0.369 e. The number of nitrogen functional groups attached to an aromatic ring is 1. The predicted octanol–water partition coefficient (Wildman–Crippen LogP) is 2.10. The average molecular weight is 457 g/mol. The summed E-state index contributed by atoms with van der Waals surface area (Å²) in [4.78, 5) is 24.5. The maximum atomic E-state index is 13.3. The minimum Gasteiger partial charge on any atom is -0.369 e. The molecule has 0 bridgehead atoms. The quantitative estimate of drug-likeness (QED) is 0.336. The number of benzene rings is 1. The Bertz CT molecular complexity index is 1500. The van der Waals surface area contributed by atoms with Crippen LogP contribution in [0.4, 0.5) is 11.6 Å². The molecule has 0 spiro atoms. The molecule has 1 aromatic carbocycles. The van der Waals surface area contributed by atoms with Gasteiger partial charge >= 0.3 is 11.6 Å². The summed E-state index contributed by atoms with van der Waals surface area (Å²) in [7, 11) is 1.95. The Labute approximate surface area is 195 Å². The lowest BCUT2D eigenvalue weighted by molar-refractivity contribution is -0.516. The number of aromatic nitrogens is 7. The average Bonchev–Trinajstić information content (AvgIpc) is 3.46. The van der Waals surface area contributed by atoms with Crippen molar-refractivity contribution < 1.29 is 4.40 Å². The van der Waals surface area contributed by atoms with E-state index < -0.39 is 0 Å². The van der Waals surface area contributed by atoms with Gasteiger partial charge < -0.3 is 10.6 Å². The summed E-state index contributed by atoms with van der Waals surface area (Å²) in [6, 6.07) is 13.8. The van der Waals surface area contributed by atoms with Crippen molar-refractivity contribution in [3.63, 3.8) is 0 Å². The Hall–Kier alpha value is -4.47. The Morgan fingerprint density at radius 1 is 1.09 bits per heavy atom. The van der Waals surface area contributed by atoms with Crippen LogP contribution in [0.2, 0.25) is 0 Å². The molecule has 0 unspecified atom stereocenters. The van der Waals surface area contributed by atoms with Crippen LogP contribution in [-0.2, 0) is 6.54 Å². The third kappa shape index (κ3) is 3.79. The number of anilines is 2. The molecule has 4 aromatic heterocycles. The van der Waals surface area contributed by atoms with Gasteiger partial charge in [-0.05, 0) is 31.5 Å². The lowest BCUT2D eigenvalue weighted by Gasteiger charge is -2.15. The highest BCUT2D eigenvalue weighted by Gasteiger charge is 2.26. The molecule has 34 heavy (non-hydrogen) atoms. The Morgan fingerprint density at radius 2 is 1.82 bits per heavy atom. The second-order valence-corrected chi connectivity index (χ2v) is 8.31. The van der Waals surface area contributed by atoms with E-state index in [-0.39, 0.29) is 11.6 Å². The van der Waals surface area contributed by atoms with Gasteiger partial charge in [0.1, 0.15) is 5.69 Å². The van der Waals surface area contributed by atoms with Crippen molar-refractivity contribution >= 4 is 17.3 Å². The number of likely N-dealkylation sites (N-methyl/N-ethyl adjacent to an activating group) is 1. The van der Waals surface area contributed by atoms with Gasteiger partial charge in [0.25, 0.3) is 0 Å². The van der Waals surface area contributed by atoms with Gasteiger partial charge in [0, 0.05) is 36.7 Å². The zero-order valence-corrected chi connectivity index (χ0v) is 19.3. The van der Waals surface area contributed by atoms with E-state index in [1.807, 2.05) is 74.5 Å². The molecule has 4 N–H and O–H groups in total. The number of nitrogens with one attached hydrogen (secondary N) is 2. The molecule has 0 aliphatic carbocycles. The number of fused-ring (bicyclic) bond motifs is 1. The maximum absolute atomic E-state index is 13.3. The van der Waals surface area contributed by atoms with Crippen LogP contribution >= 0.6 is 0 Å². The molecular weight excluding hydrogens is 430 g/mol. The van der Waals surface area contributed by atoms with Crippen LogP contribution in [0.1, 0.15) is 11.4 Å². The molecular formula is C24H26N9O+. The molecule has 10 heteroatoms. The lowest BCUT2D eigenvalue weighted by atomic mass is 9.99. The summed E-state index contributed by atoms with van der Waals surface area (Å²) in [5.74, 6) is 0.128. The fourth-order valence-corrected chi connectivity index (χ4v) is 4.20. The van der Waals surface area contributed by atoms with Crippen molar-refractivity contribution in [2.75, 3.05) is 24.2 Å². The van der Waals surface area contributed by atoms with E-state index >= 15 is 0 Å². The summed E-state index contributed by atoms with van der Waals surface area (Å²) < 4.78 is 2.99. The molecule has 0 amide bonds. The number of pyridine rings is 1. The number of hydrogen-bond donors (Lipinski definition) is 3. The standard InChI is InChI=1S/C24H25N9O/c1-15-11-18(12-16(2)28-15)20-21(17-7-5-4-6-8-17)29-23(25)33-22(20)30-32(24(33)34)10-9-31(3)19-13-26-27-14-19/h4-8,11-14H,9-10H2,1-3H3,(H3,25,26,27,28,29,30)/p+1. The lowest BCUT2D eigenvalue weighted by Crippen LogP contribution is -2.45. The van der Waals surface area contributed by atoms with Crippen LogP contribution in [-0.4, -0.2) is 43.5 Å². The van der Waals surface area contributed by atoms with E-state index in [0.29, 0.717) is 24.4 Å². The Kier molecular flexibility index (Phi) is 5.33. The van der Waals surface area contributed by atoms with Crippen LogP contribution in [0.5, 0.6) is 0 Å². The first-order valence-electron chi connectivity index (χ1n) is 11.0. The number of nitrogens with zero attached hydrogens (tertiary/aromatic N) is 6. The first-order valence-corrected chi connectivity index (χ1v) is 11.0. The van der Waals surface area contributed by atoms with Crippen LogP contribution in [0.15, 0.2) is 59.7 Å². The minimum atomic E-state index is -0.274. The van der Waals surface area contributed by atoms with E-state index in [0.717, 1.165) is 33.8 Å². The zero-order chi connectivity index (χ0) is 23.8. The van der Waals surface area contributed by atoms with Crippen LogP contribution in [0.25, 0.3) is 28.0 Å². The SMILES string of the molecule is Cc1cc(-c2c(-c3ccccc3)nc(N)[n+]3c(=O)n(CCN(C)c4cn[nH]c4)[nH]c23)cc(C)n1. The van der Waals surface area contributed by atoms with Gasteiger partial charge in [0.2, 0.25) is 5.65 Å². The predicted molar refractivity (Wildman–Crippen MR) is 130 cm³/mol. The van der Waals surface area contributed by atoms with E-state index in [1.165, 1.54) is 4.40 Å². The molecule has 10 nitrogen and oxygen atoms in total. The van der Waals surface area contributed by atoms with Gasteiger partial charge in [0.05, 0.1) is 24.0 Å². The molecule has 0 aliphatic rings. The first kappa shape index (κ1) is 21.4. The summed E-state index contributed by atoms with van der Waals surface area (Å²) in [5.41, 5.74) is 12.7. The second-order valence-electron chi connectivity index (χ2n) is 8.31. The van der Waals surface area contributed by atoms with Crippen molar-refractivity contribution in [1.82, 2.24) is 29.9 Å². The molecule has 0 fully saturated rings. The van der Waals surface area contributed by atoms with Gasteiger partial charge in [-0.25, -0.2) is 9.89 Å². The van der Waals surface area contributed by atoms with Gasteiger partial charge in [-0.2, -0.15) is 9.78 Å². The molecule has 172 valence electrons. The van der Waals surface area contributed by atoms with Gasteiger partial charge in [-0.3, -0.25) is 10.1 Å². The summed E-state index contributed by atoms with van der Waals surface area (Å²) in [5, 5.41) is 10.1. The second kappa shape index (κ2) is 8.47. The van der Waals surface area contributed by atoms with Gasteiger partial charge in [-0.15, -0.1) is 9.38 Å². The number of nitrogens with two attached hydrogens (primary N) is 1. The number of hydrogen-bond acceptors (Lipinski definition) is 6. The molecule has 0 saturated heterocycles. The van der Waals surface area contributed by atoms with E-state index in [1.54, 1.807) is 10.9 Å². The highest BCUT2D eigenvalue weighted by molar-refractivity contribution is 5.88. The molecule has 0 aliphatic heterocycles. The number of H-pyrrole nitrogens is 2. The number of aromatic amines is 2. The van der Waals surface area contributed by atoms with Crippen molar-refractivity contribution in [3.8, 4) is 22.4 Å². The fourth-order valence-electron chi connectivity index (χ4n) is 4.20. The van der Waals surface area contributed by atoms with Crippen LogP contribution in [0.3, 0.4) is 0 Å². The van der Waals surface area contributed by atoms with E-state index in [2.05, 4.69) is 25.3 Å². The summed E-state index contributed by atoms with van der Waals surface area (Å²) >= 11 is 0. The molecule has 0 atom stereocenters. The maximum Gasteiger partial charge on any atom is 0.428 e. The van der Waals surface area contributed by atoms with E-state index in [4.69, 9.17) is 5.73 Å². The van der Waals surface area contributed by atoms with Crippen LogP contribution in [0, 0.1) is 13.8 Å². The zero-order valence-electron chi connectivity index (χ0n) is 19.3.